The second-order valence-electron chi connectivity index (χ2n) is 3.25. The molecule has 0 radical (unpaired) electrons. The van der Waals surface area contributed by atoms with Crippen molar-refractivity contribution in [3.8, 4) is 0 Å². The van der Waals surface area contributed by atoms with Crippen molar-refractivity contribution in [3.05, 3.63) is 0 Å². The van der Waals surface area contributed by atoms with Gasteiger partial charge in [0.05, 0.1) is 6.04 Å². The molecule has 0 rings (SSSR count). The first-order valence-corrected chi connectivity index (χ1v) is 4.01. The summed E-state index contributed by atoms with van der Waals surface area (Å²) in [6.07, 6.45) is 0. The molecule has 0 spiro atoms. The predicted molar refractivity (Wildman–Crippen MR) is 46.5 cm³/mol. The molecule has 0 aromatic heterocycles. The lowest BCUT2D eigenvalue weighted by molar-refractivity contribution is -0.122. The summed E-state index contributed by atoms with van der Waals surface area (Å²) in [6, 6.07) is -0.361. The smallest absolute Gasteiger partial charge is 0.235 e. The van der Waals surface area contributed by atoms with E-state index in [-0.39, 0.29) is 17.4 Å². The quantitative estimate of drug-likeness (QED) is 0.610. The molecule has 0 fully saturated rings. The summed E-state index contributed by atoms with van der Waals surface area (Å²) >= 11 is 5.66. The number of alkyl halides is 1. The highest BCUT2D eigenvalue weighted by Gasteiger charge is 2.31. The number of hydrogen-bond acceptors (Lipinski definition) is 2. The van der Waals surface area contributed by atoms with Crippen LogP contribution in [0, 0.1) is 5.41 Å². The number of nitrogens with one attached hydrogen (secondary N) is 1. The molecule has 0 aromatic rings. The van der Waals surface area contributed by atoms with Gasteiger partial charge in [-0.2, -0.15) is 0 Å². The molecule has 0 aliphatic rings. The molecule has 66 valence electrons. The zero-order valence-electron chi connectivity index (χ0n) is 7.15. The summed E-state index contributed by atoms with van der Waals surface area (Å²) in [6.45, 7) is 3.79. The van der Waals surface area contributed by atoms with Crippen molar-refractivity contribution in [2.24, 2.45) is 11.1 Å². The first kappa shape index (κ1) is 10.7. The Kier molecular flexibility index (Phi) is 3.83. The van der Waals surface area contributed by atoms with E-state index in [2.05, 4.69) is 5.32 Å². The van der Waals surface area contributed by atoms with Gasteiger partial charge < -0.3 is 11.1 Å². The van der Waals surface area contributed by atoms with Crippen molar-refractivity contribution in [2.45, 2.75) is 19.9 Å². The van der Waals surface area contributed by atoms with Crippen LogP contribution in [-0.2, 0) is 4.79 Å². The molecule has 0 unspecified atom stereocenters. The van der Waals surface area contributed by atoms with Gasteiger partial charge in [0.2, 0.25) is 5.91 Å². The van der Waals surface area contributed by atoms with Gasteiger partial charge in [-0.25, -0.2) is 0 Å². The SMILES string of the molecule is CN[C@H](C(N)=O)C(C)(C)CCl. The van der Waals surface area contributed by atoms with E-state index in [1.165, 1.54) is 0 Å². The second-order valence-corrected chi connectivity index (χ2v) is 3.51. The Morgan fingerprint density at radius 3 is 2.27 bits per heavy atom. The lowest BCUT2D eigenvalue weighted by Gasteiger charge is -2.29. The summed E-state index contributed by atoms with van der Waals surface area (Å²) in [7, 11) is 1.70. The summed E-state index contributed by atoms with van der Waals surface area (Å²) in [4.78, 5) is 10.8. The standard InChI is InChI=1S/C7H15ClN2O/c1-7(2,4-8)5(10-3)6(9)11/h5,10H,4H2,1-3H3,(H2,9,11)/t5-/m1/s1. The van der Waals surface area contributed by atoms with Crippen molar-refractivity contribution in [1.29, 1.82) is 0 Å². The number of amides is 1. The highest BCUT2D eigenvalue weighted by molar-refractivity contribution is 6.18. The number of carbonyl (C=O) groups is 1. The van der Waals surface area contributed by atoms with E-state index in [0.717, 1.165) is 0 Å². The molecule has 0 heterocycles. The average Bonchev–Trinajstić information content (AvgIpc) is 1.88. The van der Waals surface area contributed by atoms with Crippen LogP contribution in [0.2, 0.25) is 0 Å². The Bertz CT molecular complexity index is 147. The van der Waals surface area contributed by atoms with Crippen LogP contribution in [0.25, 0.3) is 0 Å². The molecule has 1 amide bonds. The number of primary amides is 1. The number of likely N-dealkylation sites (N-methyl/N-ethyl adjacent to an activating group) is 1. The van der Waals surface area contributed by atoms with Gasteiger partial charge in [0.1, 0.15) is 0 Å². The maximum atomic E-state index is 10.8. The third-order valence-corrected chi connectivity index (χ3v) is 2.39. The van der Waals surface area contributed by atoms with Gasteiger partial charge in [-0.05, 0) is 7.05 Å². The van der Waals surface area contributed by atoms with E-state index in [9.17, 15) is 4.79 Å². The van der Waals surface area contributed by atoms with E-state index in [1.54, 1.807) is 7.05 Å². The highest BCUT2D eigenvalue weighted by atomic mass is 35.5. The minimum absolute atomic E-state index is 0.290. The van der Waals surface area contributed by atoms with Gasteiger partial charge in [-0.3, -0.25) is 4.79 Å². The summed E-state index contributed by atoms with van der Waals surface area (Å²) in [5, 5.41) is 2.83. The van der Waals surface area contributed by atoms with Gasteiger partial charge in [-0.1, -0.05) is 13.8 Å². The van der Waals surface area contributed by atoms with Crippen LogP contribution in [0.3, 0.4) is 0 Å². The molecule has 0 aliphatic carbocycles. The van der Waals surface area contributed by atoms with Crippen molar-refractivity contribution < 1.29 is 4.79 Å². The van der Waals surface area contributed by atoms with Gasteiger partial charge in [0.15, 0.2) is 0 Å². The van der Waals surface area contributed by atoms with Gasteiger partial charge in [0, 0.05) is 11.3 Å². The Hall–Kier alpha value is -0.280. The molecule has 1 atom stereocenters. The Morgan fingerprint density at radius 2 is 2.18 bits per heavy atom. The number of hydrogen-bond donors (Lipinski definition) is 2. The second kappa shape index (κ2) is 3.93. The summed E-state index contributed by atoms with van der Waals surface area (Å²) < 4.78 is 0. The minimum atomic E-state index is -0.363. The topological polar surface area (TPSA) is 55.1 Å². The maximum Gasteiger partial charge on any atom is 0.235 e. The number of rotatable bonds is 4. The molecular formula is C7H15ClN2O. The minimum Gasteiger partial charge on any atom is -0.368 e. The normalized spacial score (nSPS) is 14.5. The zero-order chi connectivity index (χ0) is 9.07. The fourth-order valence-electron chi connectivity index (χ4n) is 0.995. The van der Waals surface area contributed by atoms with E-state index in [4.69, 9.17) is 17.3 Å². The molecule has 0 bridgehead atoms. The lowest BCUT2D eigenvalue weighted by atomic mass is 9.86. The lowest BCUT2D eigenvalue weighted by Crippen LogP contribution is -2.50. The maximum absolute atomic E-state index is 10.8. The Morgan fingerprint density at radius 1 is 1.73 bits per heavy atom. The van der Waals surface area contributed by atoms with E-state index >= 15 is 0 Å². The third kappa shape index (κ3) is 2.67. The monoisotopic (exact) mass is 178 g/mol. The average molecular weight is 179 g/mol. The number of nitrogens with two attached hydrogens (primary N) is 1. The van der Waals surface area contributed by atoms with Crippen molar-refractivity contribution in [2.75, 3.05) is 12.9 Å². The molecule has 4 heteroatoms. The Labute approximate surface area is 72.3 Å². The van der Waals surface area contributed by atoms with Gasteiger partial charge in [-0.15, -0.1) is 11.6 Å². The van der Waals surface area contributed by atoms with Gasteiger partial charge >= 0.3 is 0 Å². The van der Waals surface area contributed by atoms with Crippen LogP contribution in [0.1, 0.15) is 13.8 Å². The number of halogens is 1. The molecule has 0 saturated carbocycles. The van der Waals surface area contributed by atoms with Crippen molar-refractivity contribution in [1.82, 2.24) is 5.32 Å². The van der Waals surface area contributed by atoms with E-state index in [1.807, 2.05) is 13.8 Å². The zero-order valence-corrected chi connectivity index (χ0v) is 7.90. The van der Waals surface area contributed by atoms with Crippen molar-refractivity contribution in [3.63, 3.8) is 0 Å². The first-order chi connectivity index (χ1) is 4.95. The third-order valence-electron chi connectivity index (χ3n) is 1.70. The molecule has 11 heavy (non-hydrogen) atoms. The Balaban J connectivity index is 4.36. The molecule has 3 nitrogen and oxygen atoms in total. The van der Waals surface area contributed by atoms with Crippen LogP contribution >= 0.6 is 11.6 Å². The van der Waals surface area contributed by atoms with E-state index in [0.29, 0.717) is 5.88 Å². The molecule has 0 aliphatic heterocycles. The highest BCUT2D eigenvalue weighted by Crippen LogP contribution is 2.21. The van der Waals surface area contributed by atoms with Crippen LogP contribution < -0.4 is 11.1 Å². The fraction of sp³-hybridized carbons (Fsp3) is 0.857. The van der Waals surface area contributed by atoms with Crippen LogP contribution in [0.5, 0.6) is 0 Å². The van der Waals surface area contributed by atoms with E-state index < -0.39 is 0 Å². The first-order valence-electron chi connectivity index (χ1n) is 3.48. The van der Waals surface area contributed by atoms with Crippen molar-refractivity contribution >= 4 is 17.5 Å². The molecule has 3 N–H and O–H groups in total. The van der Waals surface area contributed by atoms with Crippen LogP contribution in [0.4, 0.5) is 0 Å². The largest absolute Gasteiger partial charge is 0.368 e. The van der Waals surface area contributed by atoms with Crippen LogP contribution in [0.15, 0.2) is 0 Å². The molecule has 0 saturated heterocycles. The predicted octanol–water partition coefficient (Wildman–Crippen LogP) is 0.325. The summed E-state index contributed by atoms with van der Waals surface area (Å²) in [5.41, 5.74) is 4.86. The molecule has 0 aromatic carbocycles. The number of carbonyl (C=O) groups excluding carboxylic acids is 1. The van der Waals surface area contributed by atoms with Gasteiger partial charge in [0.25, 0.3) is 0 Å². The fourth-order valence-corrected chi connectivity index (χ4v) is 1.15. The van der Waals surface area contributed by atoms with Crippen LogP contribution in [-0.4, -0.2) is 24.9 Å². The molecular weight excluding hydrogens is 164 g/mol. The summed E-state index contributed by atoms with van der Waals surface area (Å²) in [5.74, 6) is 0.0414.